The van der Waals surface area contributed by atoms with Gasteiger partial charge in [0.2, 0.25) is 0 Å². The Morgan fingerprint density at radius 3 is 1.30 bits per heavy atom. The number of nitrogens with zero attached hydrogens (tertiary/aromatic N) is 1. The van der Waals surface area contributed by atoms with Gasteiger partial charge in [-0.2, -0.15) is 0 Å². The largest absolute Gasteiger partial charge is 0.388 e. The van der Waals surface area contributed by atoms with Crippen LogP contribution in [-0.4, -0.2) is 41.9 Å². The third-order valence-electron chi connectivity index (χ3n) is 4.36. The van der Waals surface area contributed by atoms with E-state index in [-0.39, 0.29) is 6.10 Å². The summed E-state index contributed by atoms with van der Waals surface area (Å²) in [5.74, 6) is 0. The van der Waals surface area contributed by atoms with E-state index in [1.54, 1.807) is 0 Å². The second-order valence-corrected chi connectivity index (χ2v) is 6.67. The van der Waals surface area contributed by atoms with Gasteiger partial charge >= 0.3 is 0 Å². The Kier molecular flexibility index (Phi) is 12.6. The number of hydrogen-bond donors (Lipinski definition) is 1. The highest BCUT2D eigenvalue weighted by atomic mass is 16.3. The summed E-state index contributed by atoms with van der Waals surface area (Å²) < 4.78 is 1.16. The number of aliphatic hydroxyl groups is 1. The van der Waals surface area contributed by atoms with Crippen LogP contribution in [0.25, 0.3) is 0 Å². The van der Waals surface area contributed by atoms with Crippen molar-refractivity contribution in [1.82, 2.24) is 0 Å². The normalized spacial score (nSPS) is 13.7. The Balaban J connectivity index is 4.57. The standard InChI is InChI=1S/C18H40NO/c1-5-8-11-14-19(17-18(4)20,15-12-9-6-2)16-13-10-7-3/h18,20H,5-17H2,1-4H3/q+1. The lowest BCUT2D eigenvalue weighted by Crippen LogP contribution is -2.53. The van der Waals surface area contributed by atoms with Crippen LogP contribution in [0.2, 0.25) is 0 Å². The Morgan fingerprint density at radius 1 is 0.700 bits per heavy atom. The van der Waals surface area contributed by atoms with Crippen LogP contribution in [0.15, 0.2) is 0 Å². The second-order valence-electron chi connectivity index (χ2n) is 6.67. The molecule has 0 saturated carbocycles. The number of aliphatic hydroxyl groups excluding tert-OH is 1. The minimum Gasteiger partial charge on any atom is -0.388 e. The van der Waals surface area contributed by atoms with Gasteiger partial charge in [-0.15, -0.1) is 0 Å². The Labute approximate surface area is 128 Å². The first-order valence-electron chi connectivity index (χ1n) is 9.13. The van der Waals surface area contributed by atoms with Crippen molar-refractivity contribution in [2.45, 2.75) is 91.6 Å². The van der Waals surface area contributed by atoms with Crippen molar-refractivity contribution < 1.29 is 9.59 Å². The third-order valence-corrected chi connectivity index (χ3v) is 4.36. The van der Waals surface area contributed by atoms with Gasteiger partial charge in [-0.1, -0.05) is 40.0 Å². The van der Waals surface area contributed by atoms with E-state index in [2.05, 4.69) is 20.8 Å². The number of unbranched alkanes of at least 4 members (excludes halogenated alkanes) is 6. The lowest BCUT2D eigenvalue weighted by atomic mass is 10.1. The van der Waals surface area contributed by atoms with Crippen molar-refractivity contribution in [2.24, 2.45) is 0 Å². The van der Waals surface area contributed by atoms with Crippen LogP contribution in [0, 0.1) is 0 Å². The Hall–Kier alpha value is -0.0800. The summed E-state index contributed by atoms with van der Waals surface area (Å²) in [4.78, 5) is 0. The van der Waals surface area contributed by atoms with Gasteiger partial charge in [0.05, 0.1) is 19.6 Å². The van der Waals surface area contributed by atoms with Gasteiger partial charge in [-0.25, -0.2) is 0 Å². The Morgan fingerprint density at radius 2 is 1.05 bits per heavy atom. The first-order chi connectivity index (χ1) is 9.60. The fourth-order valence-electron chi connectivity index (χ4n) is 3.26. The quantitative estimate of drug-likeness (QED) is 0.361. The van der Waals surface area contributed by atoms with Gasteiger partial charge in [-0.3, -0.25) is 0 Å². The summed E-state index contributed by atoms with van der Waals surface area (Å²) in [6, 6.07) is 0. The molecule has 20 heavy (non-hydrogen) atoms. The number of rotatable bonds is 14. The van der Waals surface area contributed by atoms with Crippen LogP contribution in [0.5, 0.6) is 0 Å². The zero-order chi connectivity index (χ0) is 15.3. The highest BCUT2D eigenvalue weighted by molar-refractivity contribution is 4.54. The monoisotopic (exact) mass is 286 g/mol. The van der Waals surface area contributed by atoms with Gasteiger partial charge < -0.3 is 9.59 Å². The summed E-state index contributed by atoms with van der Waals surface area (Å²) in [6.45, 7) is 13.6. The van der Waals surface area contributed by atoms with Crippen molar-refractivity contribution in [2.75, 3.05) is 26.2 Å². The van der Waals surface area contributed by atoms with Crippen LogP contribution in [0.3, 0.4) is 0 Å². The first-order valence-corrected chi connectivity index (χ1v) is 9.13. The molecule has 0 spiro atoms. The van der Waals surface area contributed by atoms with E-state index in [4.69, 9.17) is 0 Å². The molecule has 0 radical (unpaired) electrons. The van der Waals surface area contributed by atoms with Crippen molar-refractivity contribution in [3.63, 3.8) is 0 Å². The van der Waals surface area contributed by atoms with Crippen molar-refractivity contribution in [3.05, 3.63) is 0 Å². The maximum Gasteiger partial charge on any atom is 0.105 e. The molecule has 0 rings (SSSR count). The zero-order valence-electron chi connectivity index (χ0n) is 14.7. The Bertz CT molecular complexity index is 177. The van der Waals surface area contributed by atoms with E-state index in [9.17, 15) is 5.11 Å². The lowest BCUT2D eigenvalue weighted by Gasteiger charge is -2.40. The summed E-state index contributed by atoms with van der Waals surface area (Å²) in [6.07, 6.45) is 11.7. The summed E-state index contributed by atoms with van der Waals surface area (Å²) in [7, 11) is 0. The molecule has 0 saturated heterocycles. The van der Waals surface area contributed by atoms with Crippen LogP contribution in [0.4, 0.5) is 0 Å². The molecule has 0 aliphatic rings. The number of quaternary nitrogens is 1. The number of hydrogen-bond acceptors (Lipinski definition) is 1. The molecule has 1 atom stereocenters. The van der Waals surface area contributed by atoms with Gasteiger partial charge in [0, 0.05) is 0 Å². The molecule has 2 nitrogen and oxygen atoms in total. The highest BCUT2D eigenvalue weighted by Gasteiger charge is 2.27. The van der Waals surface area contributed by atoms with E-state index in [0.29, 0.717) is 0 Å². The predicted molar refractivity (Wildman–Crippen MR) is 90.0 cm³/mol. The van der Waals surface area contributed by atoms with E-state index in [1.165, 1.54) is 77.4 Å². The molecule has 0 bridgehead atoms. The predicted octanol–water partition coefficient (Wildman–Crippen LogP) is 4.75. The first kappa shape index (κ1) is 19.9. The van der Waals surface area contributed by atoms with Gasteiger partial charge in [0.15, 0.2) is 0 Å². The highest BCUT2D eigenvalue weighted by Crippen LogP contribution is 2.17. The lowest BCUT2D eigenvalue weighted by molar-refractivity contribution is -0.931. The molecule has 0 aromatic heterocycles. The summed E-state index contributed by atoms with van der Waals surface area (Å²) >= 11 is 0. The van der Waals surface area contributed by atoms with Crippen molar-refractivity contribution in [1.29, 1.82) is 0 Å². The summed E-state index contributed by atoms with van der Waals surface area (Å²) in [5.41, 5.74) is 0. The SMILES string of the molecule is CCCCC[N+](CCCCC)(CCCCC)CC(C)O. The van der Waals surface area contributed by atoms with Crippen LogP contribution in [0.1, 0.15) is 85.5 Å². The minimum atomic E-state index is -0.167. The van der Waals surface area contributed by atoms with Gasteiger partial charge in [-0.05, 0) is 45.4 Å². The molecular weight excluding hydrogens is 246 g/mol. The van der Waals surface area contributed by atoms with E-state index in [1.807, 2.05) is 6.92 Å². The van der Waals surface area contributed by atoms with Crippen molar-refractivity contribution >= 4 is 0 Å². The molecule has 1 unspecified atom stereocenters. The molecule has 0 aromatic rings. The second kappa shape index (κ2) is 12.6. The minimum absolute atomic E-state index is 0.167. The smallest absolute Gasteiger partial charge is 0.105 e. The maximum absolute atomic E-state index is 9.94. The molecule has 0 aliphatic heterocycles. The van der Waals surface area contributed by atoms with Gasteiger partial charge in [0.25, 0.3) is 0 Å². The van der Waals surface area contributed by atoms with Crippen LogP contribution < -0.4 is 0 Å². The van der Waals surface area contributed by atoms with Crippen LogP contribution >= 0.6 is 0 Å². The van der Waals surface area contributed by atoms with Crippen molar-refractivity contribution in [3.8, 4) is 0 Å². The van der Waals surface area contributed by atoms with Gasteiger partial charge in [0.1, 0.15) is 12.6 Å². The molecular formula is C18H40NO+. The molecule has 0 heterocycles. The van der Waals surface area contributed by atoms with E-state index < -0.39 is 0 Å². The summed E-state index contributed by atoms with van der Waals surface area (Å²) in [5, 5.41) is 9.94. The average Bonchev–Trinajstić information content (AvgIpc) is 2.39. The molecule has 0 amide bonds. The van der Waals surface area contributed by atoms with E-state index in [0.717, 1.165) is 11.0 Å². The molecule has 0 fully saturated rings. The molecule has 2 heteroatoms. The molecule has 0 aromatic carbocycles. The fraction of sp³-hybridized carbons (Fsp3) is 1.00. The maximum atomic E-state index is 9.94. The average molecular weight is 287 g/mol. The molecule has 1 N–H and O–H groups in total. The third kappa shape index (κ3) is 9.77. The topological polar surface area (TPSA) is 20.2 Å². The van der Waals surface area contributed by atoms with Crippen LogP contribution in [-0.2, 0) is 0 Å². The molecule has 0 aliphatic carbocycles. The zero-order valence-corrected chi connectivity index (χ0v) is 14.7. The van der Waals surface area contributed by atoms with E-state index >= 15 is 0 Å². The fourth-order valence-corrected chi connectivity index (χ4v) is 3.26. The molecule has 122 valence electrons.